The number of benzene rings is 1. The summed E-state index contributed by atoms with van der Waals surface area (Å²) in [6.45, 7) is 4.05. The zero-order valence-corrected chi connectivity index (χ0v) is 17.4. The van der Waals surface area contributed by atoms with Gasteiger partial charge >= 0.3 is 7.60 Å². The van der Waals surface area contributed by atoms with E-state index in [1.165, 1.54) is 17.0 Å². The van der Waals surface area contributed by atoms with Crippen molar-refractivity contribution >= 4 is 30.1 Å². The molecule has 0 unspecified atom stereocenters. The molecular weight excluding hydrogens is 403 g/mol. The molecule has 2 aromatic heterocycles. The number of fused-ring (bicyclic) bond motifs is 1. The van der Waals surface area contributed by atoms with E-state index < -0.39 is 7.60 Å². The highest BCUT2D eigenvalue weighted by Gasteiger charge is 2.25. The van der Waals surface area contributed by atoms with Crippen molar-refractivity contribution in [2.24, 2.45) is 7.05 Å². The molecule has 0 N–H and O–H groups in total. The van der Waals surface area contributed by atoms with Crippen LogP contribution in [0.25, 0.3) is 22.4 Å². The number of hydrogen-bond acceptors (Lipinski definition) is 7. The van der Waals surface area contributed by atoms with Gasteiger partial charge in [0.2, 0.25) is 0 Å². The molecule has 0 bridgehead atoms. The van der Waals surface area contributed by atoms with Crippen molar-refractivity contribution in [3.8, 4) is 11.5 Å². The van der Waals surface area contributed by atoms with Crippen LogP contribution in [0.5, 0.6) is 0 Å². The van der Waals surface area contributed by atoms with E-state index in [4.69, 9.17) is 20.6 Å². The Balaban J connectivity index is 1.96. The van der Waals surface area contributed by atoms with Gasteiger partial charge in [-0.15, -0.1) is 0 Å². The van der Waals surface area contributed by atoms with E-state index in [-0.39, 0.29) is 24.9 Å². The molecule has 0 spiro atoms. The summed E-state index contributed by atoms with van der Waals surface area (Å²) in [5.41, 5.74) is 1.17. The summed E-state index contributed by atoms with van der Waals surface area (Å²) in [4.78, 5) is 25.8. The van der Waals surface area contributed by atoms with Gasteiger partial charge in [0.15, 0.2) is 5.82 Å². The first-order valence-electron chi connectivity index (χ1n) is 8.72. The van der Waals surface area contributed by atoms with Gasteiger partial charge < -0.3 is 9.05 Å². The van der Waals surface area contributed by atoms with E-state index in [1.807, 2.05) is 0 Å². The van der Waals surface area contributed by atoms with Crippen LogP contribution in [0.2, 0.25) is 5.02 Å². The molecule has 28 heavy (non-hydrogen) atoms. The summed E-state index contributed by atoms with van der Waals surface area (Å²) in [6, 6.07) is 4.95. The minimum atomic E-state index is -3.27. The molecule has 3 aromatic rings. The molecule has 0 radical (unpaired) electrons. The van der Waals surface area contributed by atoms with Crippen LogP contribution < -0.4 is 5.56 Å². The molecule has 2 heterocycles. The zero-order valence-electron chi connectivity index (χ0n) is 15.8. The Kier molecular flexibility index (Phi) is 6.25. The van der Waals surface area contributed by atoms with Gasteiger partial charge in [0, 0.05) is 18.3 Å². The molecule has 0 aliphatic heterocycles. The SMILES string of the molecule is CCOP(=O)(Cc1cnc(-c2nc3ccc(Cl)cc3c(=O)n2C)cn1)OCC. The van der Waals surface area contributed by atoms with E-state index in [0.717, 1.165) is 0 Å². The summed E-state index contributed by atoms with van der Waals surface area (Å²) in [5.74, 6) is 0.372. The molecular formula is C18H20ClN4O4P. The van der Waals surface area contributed by atoms with Gasteiger partial charge in [-0.25, -0.2) is 9.97 Å². The first-order valence-corrected chi connectivity index (χ1v) is 10.8. The third-order valence-electron chi connectivity index (χ3n) is 3.98. The van der Waals surface area contributed by atoms with Crippen LogP contribution >= 0.6 is 19.2 Å². The topological polar surface area (TPSA) is 96.2 Å². The Morgan fingerprint density at radius 3 is 2.46 bits per heavy atom. The Labute approximate surface area is 167 Å². The maximum Gasteiger partial charge on any atom is 0.336 e. The number of rotatable bonds is 7. The normalized spacial score (nSPS) is 11.9. The van der Waals surface area contributed by atoms with Crippen molar-refractivity contribution in [3.63, 3.8) is 0 Å². The minimum absolute atomic E-state index is 0.0184. The first kappa shape index (κ1) is 20.6. The molecule has 0 saturated heterocycles. The van der Waals surface area contributed by atoms with E-state index >= 15 is 0 Å². The molecule has 0 fully saturated rings. The van der Waals surface area contributed by atoms with Crippen LogP contribution in [0.15, 0.2) is 35.4 Å². The Bertz CT molecular complexity index is 1090. The molecule has 10 heteroatoms. The Morgan fingerprint density at radius 2 is 1.86 bits per heavy atom. The van der Waals surface area contributed by atoms with Crippen molar-refractivity contribution in [3.05, 3.63) is 51.7 Å². The zero-order chi connectivity index (χ0) is 20.3. The number of nitrogens with zero attached hydrogens (tertiary/aromatic N) is 4. The van der Waals surface area contributed by atoms with Gasteiger partial charge in [-0.2, -0.15) is 0 Å². The molecule has 1 aromatic carbocycles. The molecule has 0 aliphatic carbocycles. The molecule has 8 nitrogen and oxygen atoms in total. The number of aromatic nitrogens is 4. The predicted octanol–water partition coefficient (Wildman–Crippen LogP) is 3.81. The minimum Gasteiger partial charge on any atom is -0.309 e. The van der Waals surface area contributed by atoms with Crippen LogP contribution in [-0.2, 0) is 26.8 Å². The van der Waals surface area contributed by atoms with Crippen LogP contribution in [-0.4, -0.2) is 32.7 Å². The highest BCUT2D eigenvalue weighted by molar-refractivity contribution is 7.53. The average molecular weight is 423 g/mol. The van der Waals surface area contributed by atoms with Gasteiger partial charge in [-0.3, -0.25) is 18.9 Å². The second-order valence-electron chi connectivity index (χ2n) is 5.96. The lowest BCUT2D eigenvalue weighted by Crippen LogP contribution is -2.20. The second-order valence-corrected chi connectivity index (χ2v) is 8.45. The van der Waals surface area contributed by atoms with Crippen LogP contribution in [0.4, 0.5) is 0 Å². The smallest absolute Gasteiger partial charge is 0.309 e. The number of hydrogen-bond donors (Lipinski definition) is 0. The first-order chi connectivity index (χ1) is 13.4. The fourth-order valence-electron chi connectivity index (χ4n) is 2.74. The molecule has 0 amide bonds. The lowest BCUT2D eigenvalue weighted by Gasteiger charge is -2.16. The summed E-state index contributed by atoms with van der Waals surface area (Å²) in [6.07, 6.45) is 2.99. The van der Waals surface area contributed by atoms with E-state index in [0.29, 0.717) is 33.1 Å². The lowest BCUT2D eigenvalue weighted by atomic mass is 10.2. The molecule has 0 saturated carbocycles. The highest BCUT2D eigenvalue weighted by atomic mass is 35.5. The van der Waals surface area contributed by atoms with Crippen LogP contribution in [0.3, 0.4) is 0 Å². The van der Waals surface area contributed by atoms with Gasteiger partial charge in [0.1, 0.15) is 5.69 Å². The molecule has 148 valence electrons. The van der Waals surface area contributed by atoms with E-state index in [9.17, 15) is 9.36 Å². The quantitative estimate of drug-likeness (QED) is 0.534. The van der Waals surface area contributed by atoms with Gasteiger partial charge in [-0.1, -0.05) is 11.6 Å². The Hall–Kier alpha value is -2.12. The van der Waals surface area contributed by atoms with Crippen molar-refractivity contribution in [2.75, 3.05) is 13.2 Å². The second kappa shape index (κ2) is 8.49. The lowest BCUT2D eigenvalue weighted by molar-refractivity contribution is 0.219. The maximum absolute atomic E-state index is 12.6. The summed E-state index contributed by atoms with van der Waals surface area (Å²) in [7, 11) is -1.66. The van der Waals surface area contributed by atoms with Gasteiger partial charge in [0.05, 0.1) is 42.2 Å². The average Bonchev–Trinajstić information content (AvgIpc) is 2.66. The largest absolute Gasteiger partial charge is 0.336 e. The number of halogens is 1. The maximum atomic E-state index is 12.6. The summed E-state index contributed by atoms with van der Waals surface area (Å²) in [5, 5.41) is 0.897. The summed E-state index contributed by atoms with van der Waals surface area (Å²) < 4.78 is 24.6. The molecule has 0 aliphatic rings. The molecule has 0 atom stereocenters. The predicted molar refractivity (Wildman–Crippen MR) is 108 cm³/mol. The fourth-order valence-corrected chi connectivity index (χ4v) is 4.52. The molecule has 3 rings (SSSR count). The van der Waals surface area contributed by atoms with Gasteiger partial charge in [-0.05, 0) is 32.0 Å². The highest BCUT2D eigenvalue weighted by Crippen LogP contribution is 2.50. The van der Waals surface area contributed by atoms with E-state index in [2.05, 4.69) is 15.0 Å². The van der Waals surface area contributed by atoms with Crippen LogP contribution in [0, 0.1) is 0 Å². The Morgan fingerprint density at radius 1 is 1.14 bits per heavy atom. The standard InChI is InChI=1S/C18H20ClN4O4P/c1-4-26-28(25,27-5-2)11-13-9-21-16(10-20-13)17-22-15-7-6-12(19)8-14(15)18(24)23(17)3/h6-10H,4-5,11H2,1-3H3. The fraction of sp³-hybridized carbons (Fsp3) is 0.333. The van der Waals surface area contributed by atoms with Crippen molar-refractivity contribution in [1.29, 1.82) is 0 Å². The van der Waals surface area contributed by atoms with Crippen molar-refractivity contribution < 1.29 is 13.6 Å². The van der Waals surface area contributed by atoms with Gasteiger partial charge in [0.25, 0.3) is 5.56 Å². The van der Waals surface area contributed by atoms with Crippen LogP contribution in [0.1, 0.15) is 19.5 Å². The third kappa shape index (κ3) is 4.31. The summed E-state index contributed by atoms with van der Waals surface area (Å²) >= 11 is 5.97. The monoisotopic (exact) mass is 422 g/mol. The third-order valence-corrected chi connectivity index (χ3v) is 6.23. The van der Waals surface area contributed by atoms with Crippen molar-refractivity contribution in [2.45, 2.75) is 20.0 Å². The van der Waals surface area contributed by atoms with Crippen molar-refractivity contribution in [1.82, 2.24) is 19.5 Å². The van der Waals surface area contributed by atoms with E-state index in [1.54, 1.807) is 39.1 Å².